The van der Waals surface area contributed by atoms with Crippen LogP contribution in [0.1, 0.15) is 34.3 Å². The lowest BCUT2D eigenvalue weighted by Gasteiger charge is -2.09. The molecular weight excluding hydrogens is 344 g/mol. The molecule has 2 rings (SSSR count). The molecule has 0 saturated carbocycles. The molecule has 2 N–H and O–H groups in total. The number of amides is 2. The molecule has 0 spiro atoms. The van der Waals surface area contributed by atoms with Crippen LogP contribution in [0.2, 0.25) is 0 Å². The van der Waals surface area contributed by atoms with Crippen molar-refractivity contribution >= 4 is 23.3 Å². The van der Waals surface area contributed by atoms with E-state index in [1.807, 2.05) is 26.0 Å². The average Bonchev–Trinajstić information content (AvgIpc) is 2.66. The molecule has 0 atom stereocenters. The number of hydrogen-bond acceptors (Lipinski definition) is 4. The molecule has 0 unspecified atom stereocenters. The number of ketones is 1. The van der Waals surface area contributed by atoms with E-state index >= 15 is 0 Å². The van der Waals surface area contributed by atoms with E-state index in [0.717, 1.165) is 11.1 Å². The van der Waals surface area contributed by atoms with Crippen molar-refractivity contribution in [3.05, 3.63) is 59.2 Å². The summed E-state index contributed by atoms with van der Waals surface area (Å²) in [5, 5.41) is 5.20. The fourth-order valence-electron chi connectivity index (χ4n) is 2.39. The van der Waals surface area contributed by atoms with Crippen molar-refractivity contribution in [2.75, 3.05) is 19.0 Å². The van der Waals surface area contributed by atoms with Crippen LogP contribution in [0.5, 0.6) is 5.75 Å². The first kappa shape index (κ1) is 20.2. The van der Waals surface area contributed by atoms with Gasteiger partial charge in [-0.15, -0.1) is 0 Å². The molecular formula is C21H24N2O4. The maximum absolute atomic E-state index is 12.3. The van der Waals surface area contributed by atoms with Crippen LogP contribution >= 0.6 is 0 Å². The smallest absolute Gasteiger partial charge is 0.257 e. The molecule has 0 bridgehead atoms. The largest absolute Gasteiger partial charge is 0.484 e. The molecule has 6 nitrogen and oxygen atoms in total. The van der Waals surface area contributed by atoms with E-state index in [9.17, 15) is 14.4 Å². The third-order valence-corrected chi connectivity index (χ3v) is 4.17. The van der Waals surface area contributed by atoms with E-state index in [1.54, 1.807) is 30.3 Å². The zero-order valence-electron chi connectivity index (χ0n) is 15.8. The quantitative estimate of drug-likeness (QED) is 0.702. The van der Waals surface area contributed by atoms with Crippen molar-refractivity contribution in [3.8, 4) is 5.75 Å². The van der Waals surface area contributed by atoms with Crippen molar-refractivity contribution in [3.63, 3.8) is 0 Å². The number of ether oxygens (including phenoxy) is 1. The maximum atomic E-state index is 12.3. The predicted molar refractivity (Wildman–Crippen MR) is 104 cm³/mol. The summed E-state index contributed by atoms with van der Waals surface area (Å²) in [5.41, 5.74) is 3.35. The molecule has 0 fully saturated rings. The molecule has 0 aromatic heterocycles. The minimum Gasteiger partial charge on any atom is -0.484 e. The molecule has 6 heteroatoms. The number of benzene rings is 2. The van der Waals surface area contributed by atoms with Crippen LogP contribution in [0.4, 0.5) is 5.69 Å². The Kier molecular flexibility index (Phi) is 7.11. The third kappa shape index (κ3) is 6.26. The molecule has 0 aliphatic heterocycles. The van der Waals surface area contributed by atoms with Crippen LogP contribution in [0, 0.1) is 13.8 Å². The van der Waals surface area contributed by atoms with Crippen LogP contribution in [-0.4, -0.2) is 31.3 Å². The van der Waals surface area contributed by atoms with E-state index in [0.29, 0.717) is 17.0 Å². The third-order valence-electron chi connectivity index (χ3n) is 4.17. The van der Waals surface area contributed by atoms with Gasteiger partial charge in [0.2, 0.25) is 5.91 Å². The lowest BCUT2D eigenvalue weighted by atomic mass is 10.0. The van der Waals surface area contributed by atoms with Gasteiger partial charge >= 0.3 is 0 Å². The zero-order valence-corrected chi connectivity index (χ0v) is 15.8. The van der Waals surface area contributed by atoms with Gasteiger partial charge in [0.1, 0.15) is 5.75 Å². The highest BCUT2D eigenvalue weighted by Crippen LogP contribution is 2.18. The SMILES string of the molecule is CNC(=O)COc1cccc(NC(=O)CCC(=O)c2ccc(C)c(C)c2)c1. The van der Waals surface area contributed by atoms with Crippen LogP contribution in [0.15, 0.2) is 42.5 Å². The minimum atomic E-state index is -0.254. The number of aryl methyl sites for hydroxylation is 2. The lowest BCUT2D eigenvalue weighted by Crippen LogP contribution is -2.24. The number of Topliss-reactive ketones (excluding diaryl/α,β-unsaturated/α-hetero) is 1. The Morgan fingerprint density at radius 2 is 1.70 bits per heavy atom. The number of carbonyl (C=O) groups excluding carboxylic acids is 3. The Labute approximate surface area is 158 Å². The van der Waals surface area contributed by atoms with E-state index in [2.05, 4.69) is 10.6 Å². The summed E-state index contributed by atoms with van der Waals surface area (Å²) in [5.74, 6) is -0.0801. The Morgan fingerprint density at radius 3 is 2.41 bits per heavy atom. The molecule has 0 heterocycles. The summed E-state index contributed by atoms with van der Waals surface area (Å²) >= 11 is 0. The molecule has 0 aliphatic rings. The van der Waals surface area contributed by atoms with Crippen molar-refractivity contribution in [1.82, 2.24) is 5.32 Å². The number of rotatable bonds is 8. The summed E-state index contributed by atoms with van der Waals surface area (Å²) < 4.78 is 5.34. The van der Waals surface area contributed by atoms with Gasteiger partial charge in [-0.25, -0.2) is 0 Å². The van der Waals surface area contributed by atoms with Gasteiger partial charge in [0.25, 0.3) is 5.91 Å². The minimum absolute atomic E-state index is 0.0593. The molecule has 27 heavy (non-hydrogen) atoms. The van der Waals surface area contributed by atoms with E-state index in [-0.39, 0.29) is 37.0 Å². The summed E-state index contributed by atoms with van der Waals surface area (Å²) in [4.78, 5) is 35.6. The Morgan fingerprint density at radius 1 is 0.926 bits per heavy atom. The predicted octanol–water partition coefficient (Wildman–Crippen LogP) is 3.03. The number of likely N-dealkylation sites (N-methyl/N-ethyl adjacent to an activating group) is 1. The molecule has 142 valence electrons. The highest BCUT2D eigenvalue weighted by molar-refractivity contribution is 6.00. The van der Waals surface area contributed by atoms with Gasteiger partial charge in [-0.2, -0.15) is 0 Å². The zero-order chi connectivity index (χ0) is 19.8. The van der Waals surface area contributed by atoms with Crippen molar-refractivity contribution in [2.24, 2.45) is 0 Å². The van der Waals surface area contributed by atoms with Gasteiger partial charge in [-0.3, -0.25) is 14.4 Å². The van der Waals surface area contributed by atoms with Crippen LogP contribution in [0.25, 0.3) is 0 Å². The van der Waals surface area contributed by atoms with Crippen LogP contribution in [0.3, 0.4) is 0 Å². The lowest BCUT2D eigenvalue weighted by molar-refractivity contribution is -0.122. The van der Waals surface area contributed by atoms with Gasteiger partial charge < -0.3 is 15.4 Å². The summed E-state index contributed by atoms with van der Waals surface area (Å²) in [7, 11) is 1.53. The summed E-state index contributed by atoms with van der Waals surface area (Å²) in [6.45, 7) is 3.85. The second-order valence-electron chi connectivity index (χ2n) is 6.26. The highest BCUT2D eigenvalue weighted by atomic mass is 16.5. The second-order valence-corrected chi connectivity index (χ2v) is 6.26. The Hall–Kier alpha value is -3.15. The van der Waals surface area contributed by atoms with Crippen molar-refractivity contribution < 1.29 is 19.1 Å². The standard InChI is InChI=1S/C21H24N2O4/c1-14-7-8-16(11-15(14)2)19(24)9-10-20(25)23-17-5-4-6-18(12-17)27-13-21(26)22-3/h4-8,11-12H,9-10,13H2,1-3H3,(H,22,26)(H,23,25). The molecule has 0 radical (unpaired) electrons. The van der Waals surface area contributed by atoms with Gasteiger partial charge in [0.05, 0.1) is 0 Å². The fraction of sp³-hybridized carbons (Fsp3) is 0.286. The van der Waals surface area contributed by atoms with Gasteiger partial charge in [-0.1, -0.05) is 18.2 Å². The number of hydrogen-bond donors (Lipinski definition) is 2. The van der Waals surface area contributed by atoms with Gasteiger partial charge in [0, 0.05) is 37.2 Å². The summed E-state index contributed by atoms with van der Waals surface area (Å²) in [6.07, 6.45) is 0.232. The van der Waals surface area contributed by atoms with E-state index < -0.39 is 0 Å². The van der Waals surface area contributed by atoms with Crippen molar-refractivity contribution in [2.45, 2.75) is 26.7 Å². The van der Waals surface area contributed by atoms with Gasteiger partial charge in [0.15, 0.2) is 12.4 Å². The maximum Gasteiger partial charge on any atom is 0.257 e. The van der Waals surface area contributed by atoms with E-state index in [4.69, 9.17) is 4.74 Å². The molecule has 2 aromatic carbocycles. The molecule has 2 aromatic rings. The van der Waals surface area contributed by atoms with Crippen LogP contribution < -0.4 is 15.4 Å². The number of anilines is 1. The first-order valence-electron chi connectivity index (χ1n) is 8.73. The fourth-order valence-corrected chi connectivity index (χ4v) is 2.39. The van der Waals surface area contributed by atoms with Crippen LogP contribution in [-0.2, 0) is 9.59 Å². The summed E-state index contributed by atoms with van der Waals surface area (Å²) in [6, 6.07) is 12.3. The second kappa shape index (κ2) is 9.52. The first-order valence-corrected chi connectivity index (χ1v) is 8.73. The van der Waals surface area contributed by atoms with Crippen molar-refractivity contribution in [1.29, 1.82) is 0 Å². The Bertz CT molecular complexity index is 846. The Balaban J connectivity index is 1.87. The highest BCUT2D eigenvalue weighted by Gasteiger charge is 2.11. The topological polar surface area (TPSA) is 84.5 Å². The normalized spacial score (nSPS) is 10.2. The monoisotopic (exact) mass is 368 g/mol. The number of nitrogens with one attached hydrogen (secondary N) is 2. The number of carbonyl (C=O) groups is 3. The molecule has 2 amide bonds. The molecule has 0 saturated heterocycles. The average molecular weight is 368 g/mol. The molecule has 0 aliphatic carbocycles. The first-order chi connectivity index (χ1) is 12.9. The van der Waals surface area contributed by atoms with Gasteiger partial charge in [-0.05, 0) is 43.2 Å². The van der Waals surface area contributed by atoms with E-state index in [1.165, 1.54) is 7.05 Å².